The topological polar surface area (TPSA) is 0 Å². The molecule has 0 aliphatic heterocycles. The van der Waals surface area contributed by atoms with Gasteiger partial charge in [-0.1, -0.05) is 408 Å². The van der Waals surface area contributed by atoms with E-state index in [4.69, 9.17) is 0 Å². The predicted octanol–water partition coefficient (Wildman–Crippen LogP) is 38.6. The number of hydrogen-bond donors (Lipinski definition) is 0. The van der Waals surface area contributed by atoms with Crippen molar-refractivity contribution in [3.63, 3.8) is 0 Å². The average molecular weight is 1810 g/mol. The highest BCUT2D eigenvalue weighted by Crippen LogP contribution is 2.69. The molecule has 0 bridgehead atoms. The van der Waals surface area contributed by atoms with E-state index in [9.17, 15) is 0 Å². The van der Waals surface area contributed by atoms with E-state index in [0.29, 0.717) is 0 Å². The monoisotopic (exact) mass is 1810 g/mol. The Morgan fingerprint density at radius 2 is 0.352 bits per heavy atom. The molecule has 0 fully saturated rings. The van der Waals surface area contributed by atoms with E-state index in [0.717, 1.165) is 0 Å². The zero-order valence-electron chi connectivity index (χ0n) is 83.3. The lowest BCUT2D eigenvalue weighted by molar-refractivity contribution is 0.596. The Morgan fingerprint density at radius 1 is 0.113 bits per heavy atom. The van der Waals surface area contributed by atoms with Gasteiger partial charge in [0.2, 0.25) is 0 Å². The van der Waals surface area contributed by atoms with Crippen LogP contribution in [0.4, 0.5) is 0 Å². The van der Waals surface area contributed by atoms with Gasteiger partial charge in [-0.15, -0.1) is 0 Å². The van der Waals surface area contributed by atoms with E-state index in [1.807, 2.05) is 0 Å². The van der Waals surface area contributed by atoms with Crippen LogP contribution in [0.25, 0.3) is 251 Å². The van der Waals surface area contributed by atoms with E-state index < -0.39 is 0 Å². The van der Waals surface area contributed by atoms with Gasteiger partial charge in [0.25, 0.3) is 0 Å². The zero-order chi connectivity index (χ0) is 95.4. The van der Waals surface area contributed by atoms with Crippen LogP contribution >= 0.6 is 0 Å². The van der Waals surface area contributed by atoms with Crippen molar-refractivity contribution >= 4 is 162 Å². The minimum Gasteiger partial charge on any atom is -0.0619 e. The van der Waals surface area contributed by atoms with Gasteiger partial charge in [-0.2, -0.15) is 0 Å². The third kappa shape index (κ3) is 9.47. The molecule has 0 radical (unpaired) electrons. The van der Waals surface area contributed by atoms with Crippen LogP contribution in [0.2, 0.25) is 0 Å². The van der Waals surface area contributed by atoms with Crippen molar-refractivity contribution in [1.29, 1.82) is 0 Å². The Balaban J connectivity index is 0.000000102. The molecular weight excluding hydrogens is 1710 g/mol. The lowest BCUT2D eigenvalue weighted by Gasteiger charge is -2.32. The Labute approximate surface area is 827 Å². The van der Waals surface area contributed by atoms with Crippen molar-refractivity contribution in [2.75, 3.05) is 0 Å². The summed E-state index contributed by atoms with van der Waals surface area (Å²) in [7, 11) is 0. The molecule has 0 heteroatoms. The molecule has 0 unspecified atom stereocenters. The number of fused-ring (bicyclic) bond motifs is 37. The molecule has 8 aliphatic rings. The highest BCUT2D eigenvalue weighted by molar-refractivity contribution is 6.31. The minimum atomic E-state index is -0.216. The molecule has 0 saturated heterocycles. The Bertz CT molecular complexity index is 10100. The number of hydrogen-bond acceptors (Lipinski definition) is 0. The van der Waals surface area contributed by atoms with Gasteiger partial charge in [-0.3, -0.25) is 0 Å². The Kier molecular flexibility index (Phi) is 14.7. The maximum atomic E-state index is 2.65. The molecule has 26 aromatic rings. The first-order valence-corrected chi connectivity index (χ1v) is 51.7. The lowest BCUT2D eigenvalue weighted by Crippen LogP contribution is -2.25. The van der Waals surface area contributed by atoms with Crippen LogP contribution in [0.1, 0.15) is 200 Å². The summed E-state index contributed by atoms with van der Waals surface area (Å²) in [5, 5.41) is 41.1. The molecule has 0 nitrogen and oxygen atoms in total. The van der Waals surface area contributed by atoms with E-state index in [2.05, 4.69) is 450 Å². The molecule has 0 saturated carbocycles. The molecule has 142 heavy (non-hydrogen) atoms. The summed E-state index contributed by atoms with van der Waals surface area (Å²) in [5.41, 5.74) is 45.2. The largest absolute Gasteiger partial charge is 0.0619 e. The summed E-state index contributed by atoms with van der Waals surface area (Å²) < 4.78 is 0. The second-order valence-corrected chi connectivity index (χ2v) is 47.8. The van der Waals surface area contributed by atoms with Crippen LogP contribution in [-0.2, 0) is 43.3 Å². The minimum absolute atomic E-state index is 0.0141. The van der Waals surface area contributed by atoms with Gasteiger partial charge in [0.1, 0.15) is 0 Å². The van der Waals surface area contributed by atoms with Gasteiger partial charge >= 0.3 is 0 Å². The molecule has 0 aromatic heterocycles. The van der Waals surface area contributed by atoms with Gasteiger partial charge in [0.15, 0.2) is 0 Å². The maximum absolute atomic E-state index is 2.65. The first kappa shape index (κ1) is 80.5. The van der Waals surface area contributed by atoms with E-state index in [1.165, 1.54) is 340 Å². The zero-order valence-corrected chi connectivity index (χ0v) is 83.3. The third-order valence-electron chi connectivity index (χ3n) is 38.0. The summed E-state index contributed by atoms with van der Waals surface area (Å²) in [4.78, 5) is 0. The van der Waals surface area contributed by atoms with Gasteiger partial charge in [-0.25, -0.2) is 0 Å². The van der Waals surface area contributed by atoms with Crippen molar-refractivity contribution < 1.29 is 0 Å². The van der Waals surface area contributed by atoms with E-state index in [1.54, 1.807) is 0 Å². The van der Waals surface area contributed by atoms with Crippen molar-refractivity contribution in [3.8, 4) is 89.0 Å². The first-order chi connectivity index (χ1) is 68.5. The highest BCUT2D eigenvalue weighted by atomic mass is 14.6. The first-order valence-electron chi connectivity index (χ1n) is 51.7. The summed E-state index contributed by atoms with van der Waals surface area (Å²) in [6, 6.07) is 132. The fourth-order valence-electron chi connectivity index (χ4n) is 31.7. The third-order valence-corrected chi connectivity index (χ3v) is 38.0. The smallest absolute Gasteiger partial charge is 0.0165 e. The molecule has 0 amide bonds. The van der Waals surface area contributed by atoms with Crippen LogP contribution in [0, 0.1) is 0 Å². The molecule has 26 aromatic carbocycles. The fourth-order valence-corrected chi connectivity index (χ4v) is 31.7. The summed E-state index contributed by atoms with van der Waals surface area (Å²) in [6.07, 6.45) is 0. The highest BCUT2D eigenvalue weighted by Gasteiger charge is 2.53. The molecule has 0 heterocycles. The normalized spacial score (nSPS) is 16.8. The SMILES string of the molecule is CC1(C)c2cc3c(cc2-c2c1c1c(c4ccccc24)-c2cc4c(cc2C1(C)C)C(C)(C)c1c-4cc2ccc4cccc5ccc1c2c45)-c1cc2ccc4cccc5ccc(c1C3(C)C)c2c45.CC1(C)c2cc3c(cc2-c2c1ccc1ccccc21)-c1cc2ccc4cccc5ccc(c1C3(C)C)c2c45.CC1(C)c2ccccc2-c2c1ccc1c3c(ccc21)C(C)(C)c1c-3cc2ccc3cccc4ccc1c2c34. The van der Waals surface area contributed by atoms with Gasteiger partial charge in [0, 0.05) is 43.3 Å². The molecule has 0 N–H and O–H groups in total. The Morgan fingerprint density at radius 3 is 0.746 bits per heavy atom. The van der Waals surface area contributed by atoms with Gasteiger partial charge in [0.05, 0.1) is 0 Å². The molecular formula is C142H104. The van der Waals surface area contributed by atoms with Crippen LogP contribution in [0.5, 0.6) is 0 Å². The van der Waals surface area contributed by atoms with Crippen LogP contribution < -0.4 is 0 Å². The van der Waals surface area contributed by atoms with Crippen molar-refractivity contribution in [2.24, 2.45) is 0 Å². The van der Waals surface area contributed by atoms with Crippen LogP contribution in [0.15, 0.2) is 340 Å². The predicted molar refractivity (Wildman–Crippen MR) is 607 cm³/mol. The van der Waals surface area contributed by atoms with Crippen molar-refractivity contribution in [1.82, 2.24) is 0 Å². The average Bonchev–Trinajstić information content (AvgIpc) is 1.50. The van der Waals surface area contributed by atoms with E-state index >= 15 is 0 Å². The quantitative estimate of drug-likeness (QED) is 0.133. The van der Waals surface area contributed by atoms with Crippen LogP contribution in [0.3, 0.4) is 0 Å². The van der Waals surface area contributed by atoms with Crippen molar-refractivity contribution in [3.05, 3.63) is 429 Å². The lowest BCUT2D eigenvalue weighted by atomic mass is 9.70. The fraction of sp³-hybridized carbons (Fsp3) is 0.169. The standard InChI is InChI=1S/C66H48.2C38H28/c1-63(2)49-31-51-47(29-43(49)45-27-37-21-19-33-13-11-15-35-23-25-41(59(45)63)55(37)53(33)35)57-39-17-9-10-18-40(39)58-48-30-44-46-28-38-22-20-34-14-12-16-36-24-26-42(56(38)54(34)36)60(46)64(3,4)50(44)32-52(48)66(7,8)62(58)61(57)65(51,5)6;1-37(2)29-11-6-5-10-26(29)34-24-17-19-31-35(25(24)16-18-30(34)37)28-20-23-13-12-21-8-7-9-22-14-15-27(33(23)32(21)22)36(28)38(31,3)4;1-37(2)30-17-15-21-8-5-6-11-25(21)35(30)29-19-27-28-18-24-13-12-22-9-7-10-23-14-16-26(34(24)33(22)23)36(28)38(3,4)31(27)20-32(29)37/h9-32H,1-8H3;2*5-20H,1-4H3. The summed E-state index contributed by atoms with van der Waals surface area (Å²) in [5.74, 6) is 0. The number of rotatable bonds is 0. The number of benzene rings is 26. The Hall–Kier alpha value is -15.3. The molecule has 0 atom stereocenters. The molecule has 0 spiro atoms. The summed E-state index contributed by atoms with van der Waals surface area (Å²) in [6.45, 7) is 39.3. The van der Waals surface area contributed by atoms with E-state index in [-0.39, 0.29) is 43.3 Å². The molecule has 34 rings (SSSR count). The maximum Gasteiger partial charge on any atom is 0.0165 e. The van der Waals surface area contributed by atoms with Crippen LogP contribution in [-0.4, -0.2) is 0 Å². The van der Waals surface area contributed by atoms with Gasteiger partial charge in [-0.05, 0) is 382 Å². The molecule has 672 valence electrons. The summed E-state index contributed by atoms with van der Waals surface area (Å²) >= 11 is 0. The molecule has 8 aliphatic carbocycles. The van der Waals surface area contributed by atoms with Gasteiger partial charge < -0.3 is 0 Å². The van der Waals surface area contributed by atoms with Crippen molar-refractivity contribution in [2.45, 2.75) is 154 Å². The second kappa shape index (κ2) is 25.9. The second-order valence-electron chi connectivity index (χ2n) is 47.8.